The molecule has 3 aromatic rings. The van der Waals surface area contributed by atoms with Crippen molar-refractivity contribution in [3.8, 4) is 0 Å². The molecule has 1 aromatic heterocycles. The predicted octanol–water partition coefficient (Wildman–Crippen LogP) is 4.58. The molecule has 180 valence electrons. The van der Waals surface area contributed by atoms with Crippen LogP contribution < -0.4 is 0 Å². The molecule has 0 N–H and O–H groups in total. The number of rotatable bonds is 11. The van der Waals surface area contributed by atoms with Gasteiger partial charge in [-0.3, -0.25) is 9.78 Å². The molecule has 0 aliphatic rings. The maximum Gasteiger partial charge on any atom is 0.243 e. The zero-order chi connectivity index (χ0) is 24.6. The monoisotopic (exact) mass is 479 g/mol. The van der Waals surface area contributed by atoms with Crippen molar-refractivity contribution in [2.45, 2.75) is 51.6 Å². The van der Waals surface area contributed by atoms with Crippen LogP contribution in [-0.4, -0.2) is 41.6 Å². The number of carbonyl (C=O) groups is 1. The lowest BCUT2D eigenvalue weighted by Gasteiger charge is -2.24. The summed E-state index contributed by atoms with van der Waals surface area (Å²) in [6.07, 6.45) is 4.39. The summed E-state index contributed by atoms with van der Waals surface area (Å²) in [5.74, 6) is 0.0481. The zero-order valence-corrected chi connectivity index (χ0v) is 21.0. The normalized spacial score (nSPS) is 11.5. The van der Waals surface area contributed by atoms with Gasteiger partial charge in [0.05, 0.1) is 4.90 Å². The highest BCUT2D eigenvalue weighted by Crippen LogP contribution is 2.18. The van der Waals surface area contributed by atoms with Gasteiger partial charge >= 0.3 is 0 Å². The Morgan fingerprint density at radius 3 is 2.21 bits per heavy atom. The number of hydrogen-bond acceptors (Lipinski definition) is 4. The van der Waals surface area contributed by atoms with E-state index < -0.39 is 10.0 Å². The highest BCUT2D eigenvalue weighted by Gasteiger charge is 2.21. The van der Waals surface area contributed by atoms with E-state index in [0.717, 1.165) is 22.3 Å². The van der Waals surface area contributed by atoms with Gasteiger partial charge < -0.3 is 4.90 Å². The van der Waals surface area contributed by atoms with Crippen LogP contribution in [0.5, 0.6) is 0 Å². The minimum absolute atomic E-state index is 0.0481. The Balaban J connectivity index is 1.70. The summed E-state index contributed by atoms with van der Waals surface area (Å²) in [6.45, 7) is 7.59. The molecule has 7 heteroatoms. The minimum Gasteiger partial charge on any atom is -0.334 e. The fourth-order valence-corrected chi connectivity index (χ4v) is 5.35. The van der Waals surface area contributed by atoms with Gasteiger partial charge in [0.15, 0.2) is 0 Å². The van der Waals surface area contributed by atoms with Crippen LogP contribution in [0.2, 0.25) is 0 Å². The van der Waals surface area contributed by atoms with Gasteiger partial charge in [0, 0.05) is 45.0 Å². The van der Waals surface area contributed by atoms with Gasteiger partial charge in [-0.25, -0.2) is 8.42 Å². The summed E-state index contributed by atoms with van der Waals surface area (Å²) in [5.41, 5.74) is 4.18. The Bertz CT molecular complexity index is 1180. The largest absolute Gasteiger partial charge is 0.334 e. The number of pyridine rings is 1. The van der Waals surface area contributed by atoms with Crippen molar-refractivity contribution in [1.29, 1.82) is 0 Å². The molecule has 0 saturated carbocycles. The first-order valence-corrected chi connectivity index (χ1v) is 13.1. The van der Waals surface area contributed by atoms with E-state index in [9.17, 15) is 13.2 Å². The molecule has 1 heterocycles. The SMILES string of the molecule is CCN(CC)S(=O)(=O)c1ccc(CCC(=O)N(Cc2cccnc2)Cc2ccccc2C)cc1. The maximum absolute atomic E-state index is 13.2. The van der Waals surface area contributed by atoms with E-state index >= 15 is 0 Å². The van der Waals surface area contributed by atoms with E-state index in [-0.39, 0.29) is 10.8 Å². The summed E-state index contributed by atoms with van der Waals surface area (Å²) in [5, 5.41) is 0. The molecule has 1 amide bonds. The third-order valence-electron chi connectivity index (χ3n) is 5.97. The fourth-order valence-electron chi connectivity index (χ4n) is 3.89. The van der Waals surface area contributed by atoms with Crippen molar-refractivity contribution in [1.82, 2.24) is 14.2 Å². The van der Waals surface area contributed by atoms with Crippen LogP contribution in [0.4, 0.5) is 0 Å². The summed E-state index contributed by atoms with van der Waals surface area (Å²) in [7, 11) is -3.48. The quantitative estimate of drug-likeness (QED) is 0.404. The molecule has 2 aromatic carbocycles. The van der Waals surface area contributed by atoms with Gasteiger partial charge in [-0.05, 0) is 53.8 Å². The van der Waals surface area contributed by atoms with E-state index in [2.05, 4.69) is 18.0 Å². The van der Waals surface area contributed by atoms with Crippen LogP contribution in [0.1, 0.15) is 42.5 Å². The van der Waals surface area contributed by atoms with Gasteiger partial charge in [0.2, 0.25) is 15.9 Å². The van der Waals surface area contributed by atoms with E-state index in [1.165, 1.54) is 4.31 Å². The average molecular weight is 480 g/mol. The van der Waals surface area contributed by atoms with Crippen molar-refractivity contribution in [2.24, 2.45) is 0 Å². The van der Waals surface area contributed by atoms with Crippen LogP contribution in [0.15, 0.2) is 78.0 Å². The van der Waals surface area contributed by atoms with Gasteiger partial charge in [0.1, 0.15) is 0 Å². The number of amides is 1. The summed E-state index contributed by atoms with van der Waals surface area (Å²) >= 11 is 0. The number of hydrogen-bond donors (Lipinski definition) is 0. The van der Waals surface area contributed by atoms with Crippen LogP contribution >= 0.6 is 0 Å². The highest BCUT2D eigenvalue weighted by molar-refractivity contribution is 7.89. The first-order chi connectivity index (χ1) is 16.3. The second-order valence-corrected chi connectivity index (χ2v) is 10.2. The summed E-state index contributed by atoms with van der Waals surface area (Å²) in [4.78, 5) is 19.6. The Kier molecular flexibility index (Phi) is 8.96. The van der Waals surface area contributed by atoms with E-state index in [4.69, 9.17) is 0 Å². The molecule has 34 heavy (non-hydrogen) atoms. The van der Waals surface area contributed by atoms with E-state index in [1.54, 1.807) is 36.7 Å². The Labute approximate surface area is 203 Å². The number of nitrogens with zero attached hydrogens (tertiary/aromatic N) is 3. The molecule has 0 radical (unpaired) electrons. The Morgan fingerprint density at radius 2 is 1.59 bits per heavy atom. The molecular weight excluding hydrogens is 446 g/mol. The molecule has 3 rings (SSSR count). The molecule has 0 bridgehead atoms. The van der Waals surface area contributed by atoms with Crippen LogP contribution in [-0.2, 0) is 34.3 Å². The lowest BCUT2D eigenvalue weighted by Crippen LogP contribution is -2.31. The molecule has 6 nitrogen and oxygen atoms in total. The van der Waals surface area contributed by atoms with Gasteiger partial charge in [0.25, 0.3) is 0 Å². The van der Waals surface area contributed by atoms with Crippen molar-refractivity contribution in [2.75, 3.05) is 13.1 Å². The summed E-state index contributed by atoms with van der Waals surface area (Å²) < 4.78 is 26.8. The number of sulfonamides is 1. The molecule has 0 fully saturated rings. The maximum atomic E-state index is 13.2. The van der Waals surface area contributed by atoms with Crippen LogP contribution in [0.3, 0.4) is 0 Å². The highest BCUT2D eigenvalue weighted by atomic mass is 32.2. The van der Waals surface area contributed by atoms with Crippen LogP contribution in [0.25, 0.3) is 0 Å². The fraction of sp³-hybridized carbons (Fsp3) is 0.333. The topological polar surface area (TPSA) is 70.6 Å². The standard InChI is InChI=1S/C27H33N3O3S/c1-4-30(5-2)34(32,33)26-15-12-23(13-16-26)14-17-27(31)29(20-24-10-8-18-28-19-24)21-25-11-7-6-9-22(25)3/h6-13,15-16,18-19H,4-5,14,17,20-21H2,1-3H3. The van der Waals surface area contributed by atoms with Crippen LogP contribution in [0, 0.1) is 6.92 Å². The second kappa shape index (κ2) is 11.9. The Morgan fingerprint density at radius 1 is 0.882 bits per heavy atom. The first-order valence-electron chi connectivity index (χ1n) is 11.7. The van der Waals surface area contributed by atoms with Gasteiger partial charge in [-0.15, -0.1) is 0 Å². The number of aromatic nitrogens is 1. The number of carbonyl (C=O) groups excluding carboxylic acids is 1. The smallest absolute Gasteiger partial charge is 0.243 e. The lowest BCUT2D eigenvalue weighted by atomic mass is 10.1. The minimum atomic E-state index is -3.48. The first kappa shape index (κ1) is 25.6. The van der Waals surface area contributed by atoms with Crippen molar-refractivity contribution >= 4 is 15.9 Å². The zero-order valence-electron chi connectivity index (χ0n) is 20.1. The molecule has 0 aliphatic carbocycles. The molecule has 0 spiro atoms. The van der Waals surface area contributed by atoms with Crippen molar-refractivity contribution in [3.63, 3.8) is 0 Å². The molecule has 0 atom stereocenters. The van der Waals surface area contributed by atoms with E-state index in [0.29, 0.717) is 39.0 Å². The molecular formula is C27H33N3O3S. The number of benzene rings is 2. The van der Waals surface area contributed by atoms with E-state index in [1.807, 2.05) is 49.1 Å². The summed E-state index contributed by atoms with van der Waals surface area (Å²) in [6, 6.07) is 18.8. The van der Waals surface area contributed by atoms with Crippen molar-refractivity contribution in [3.05, 3.63) is 95.3 Å². The number of aryl methyl sites for hydroxylation is 2. The van der Waals surface area contributed by atoms with Gasteiger partial charge in [-0.2, -0.15) is 4.31 Å². The Hall–Kier alpha value is -3.03. The third kappa shape index (κ3) is 6.52. The second-order valence-electron chi connectivity index (χ2n) is 8.27. The van der Waals surface area contributed by atoms with Gasteiger partial charge in [-0.1, -0.05) is 56.3 Å². The van der Waals surface area contributed by atoms with Crippen molar-refractivity contribution < 1.29 is 13.2 Å². The predicted molar refractivity (Wildman–Crippen MR) is 135 cm³/mol. The molecule has 0 unspecified atom stereocenters. The lowest BCUT2D eigenvalue weighted by molar-refractivity contribution is -0.132. The third-order valence-corrected chi connectivity index (χ3v) is 8.03. The molecule has 0 saturated heterocycles. The molecule has 0 aliphatic heterocycles. The average Bonchev–Trinajstić information content (AvgIpc) is 2.85.